The van der Waals surface area contributed by atoms with E-state index in [0.29, 0.717) is 16.9 Å². The third-order valence-electron chi connectivity index (χ3n) is 6.36. The van der Waals surface area contributed by atoms with Gasteiger partial charge in [0.1, 0.15) is 11.7 Å². The first-order valence-electron chi connectivity index (χ1n) is 12.5. The molecule has 1 aliphatic rings. The molecule has 5 rings (SSSR count). The van der Waals surface area contributed by atoms with Gasteiger partial charge in [-0.05, 0) is 36.1 Å². The zero-order chi connectivity index (χ0) is 30.4. The van der Waals surface area contributed by atoms with Gasteiger partial charge in [0.15, 0.2) is 5.82 Å². The van der Waals surface area contributed by atoms with E-state index in [2.05, 4.69) is 27.3 Å². The minimum atomic E-state index is -0.797. The molecule has 3 aromatic heterocycles. The van der Waals surface area contributed by atoms with E-state index in [-0.39, 0.29) is 73.0 Å². The number of carbonyl (C=O) groups excluding carboxylic acids is 1. The molecular weight excluding hydrogens is 659 g/mol. The fourth-order valence-corrected chi connectivity index (χ4v) is 5.51. The smallest absolute Gasteiger partial charge is 0.336 e. The summed E-state index contributed by atoms with van der Waals surface area (Å²) in [4.78, 5) is 41.6. The maximum atomic E-state index is 14.7. The second-order valence-electron chi connectivity index (χ2n) is 8.77. The normalized spacial score (nSPS) is 12.5. The van der Waals surface area contributed by atoms with E-state index < -0.39 is 29.4 Å². The fourth-order valence-electron chi connectivity index (χ4n) is 4.27. The Morgan fingerprint density at radius 3 is 2.37 bits per heavy atom. The molecule has 1 amide bonds. The molecule has 0 unspecified atom stereocenters. The number of halogens is 2. The van der Waals surface area contributed by atoms with Gasteiger partial charge in [-0.15, -0.1) is 10.2 Å². The van der Waals surface area contributed by atoms with Gasteiger partial charge in [0.25, 0.3) is 0 Å². The number of hydrogen-bond donors (Lipinski definition) is 2. The summed E-state index contributed by atoms with van der Waals surface area (Å²) in [6, 6.07) is 10.4. The SMILES string of the molecule is CONC=O.[CH2-]c1c(-c2ccc(NC)cc2)sc2c1c(=O)n(-c1ccc(OC)nn1)c(=O)n2CC1=C(F)CCC=C1F.[Y]. The molecule has 2 N–H and O–H groups in total. The first-order valence-corrected chi connectivity index (χ1v) is 13.3. The number of thiophene rings is 1. The molecule has 1 aromatic carbocycles. The van der Waals surface area contributed by atoms with Crippen molar-refractivity contribution in [3.63, 3.8) is 0 Å². The number of carbonyl (C=O) groups is 1. The number of nitrogens with zero attached hydrogens (tertiary/aromatic N) is 4. The van der Waals surface area contributed by atoms with Crippen LogP contribution in [0, 0.1) is 6.92 Å². The summed E-state index contributed by atoms with van der Waals surface area (Å²) in [6.07, 6.45) is 2.03. The Kier molecular flexibility index (Phi) is 11.9. The molecule has 43 heavy (non-hydrogen) atoms. The number of aromatic nitrogens is 4. The van der Waals surface area contributed by atoms with Crippen LogP contribution in [0.4, 0.5) is 14.5 Å². The van der Waals surface area contributed by atoms with Crippen LogP contribution in [0.2, 0.25) is 0 Å². The molecule has 4 aromatic rings. The summed E-state index contributed by atoms with van der Waals surface area (Å²) in [7, 11) is 4.58. The van der Waals surface area contributed by atoms with E-state index >= 15 is 0 Å². The Labute approximate surface area is 274 Å². The van der Waals surface area contributed by atoms with Gasteiger partial charge in [-0.2, -0.15) is 23.8 Å². The maximum absolute atomic E-state index is 14.7. The van der Waals surface area contributed by atoms with Gasteiger partial charge in [0.05, 0.1) is 20.8 Å². The molecule has 0 saturated carbocycles. The van der Waals surface area contributed by atoms with E-state index in [9.17, 15) is 18.4 Å². The van der Waals surface area contributed by atoms with Crippen molar-refractivity contribution in [3.05, 3.63) is 93.0 Å². The van der Waals surface area contributed by atoms with Crippen molar-refractivity contribution in [2.24, 2.45) is 0 Å². The maximum Gasteiger partial charge on any atom is 0.336 e. The number of amides is 1. The number of nitrogens with one attached hydrogen (secondary N) is 2. The summed E-state index contributed by atoms with van der Waals surface area (Å²) in [5.74, 6) is -1.21. The second kappa shape index (κ2) is 15.1. The van der Waals surface area contributed by atoms with Crippen molar-refractivity contribution in [1.29, 1.82) is 0 Å². The van der Waals surface area contributed by atoms with Gasteiger partial charge in [0, 0.05) is 68.3 Å². The van der Waals surface area contributed by atoms with E-state index in [0.717, 1.165) is 15.8 Å². The Hall–Kier alpha value is -3.72. The van der Waals surface area contributed by atoms with Gasteiger partial charge in [-0.3, -0.25) is 19.0 Å². The van der Waals surface area contributed by atoms with Crippen LogP contribution < -0.4 is 26.8 Å². The van der Waals surface area contributed by atoms with Crippen LogP contribution in [-0.4, -0.2) is 47.0 Å². The topological polar surface area (TPSA) is 129 Å². The largest absolute Gasteiger partial charge is 0.480 e. The summed E-state index contributed by atoms with van der Waals surface area (Å²) in [6.45, 7) is 3.74. The minimum Gasteiger partial charge on any atom is -0.480 e. The Morgan fingerprint density at radius 1 is 1.12 bits per heavy atom. The number of allylic oxidation sites excluding steroid dienone is 4. The van der Waals surface area contributed by atoms with Crippen molar-refractivity contribution in [2.75, 3.05) is 26.6 Å². The molecule has 3 heterocycles. The number of benzene rings is 1. The molecule has 223 valence electrons. The fraction of sp³-hybridized carbons (Fsp3) is 0.214. The number of hydroxylamine groups is 1. The van der Waals surface area contributed by atoms with Crippen LogP contribution >= 0.6 is 11.3 Å². The summed E-state index contributed by atoms with van der Waals surface area (Å²) < 4.78 is 36.4. The standard InChI is InChI=1S/C26H22F2N5O3S.C2H5NO2.Y/c1-14-22-24(34)33(20-11-12-21(36-3)31-30-20)26(35)32(13-17-18(27)5-4-6-19(17)28)25(22)37-23(14)15-7-9-16(29-2)10-8-15;1-5-3-2-4;/h5,7-12,29H,1,4,6,13H2,2-3H3;2H,1H3,(H,3,4);/q-1;;. The van der Waals surface area contributed by atoms with E-state index in [4.69, 9.17) is 9.53 Å². The van der Waals surface area contributed by atoms with E-state index in [1.807, 2.05) is 29.7 Å². The number of ether oxygens (including phenoxy) is 1. The first kappa shape index (κ1) is 33.8. The van der Waals surface area contributed by atoms with Crippen LogP contribution in [0.3, 0.4) is 0 Å². The molecule has 1 aliphatic carbocycles. The first-order chi connectivity index (χ1) is 20.2. The number of methoxy groups -OCH3 is 1. The van der Waals surface area contributed by atoms with Crippen LogP contribution in [0.1, 0.15) is 18.4 Å². The van der Waals surface area contributed by atoms with Gasteiger partial charge >= 0.3 is 5.69 Å². The molecule has 15 heteroatoms. The average Bonchev–Trinajstić information content (AvgIpc) is 3.34. The van der Waals surface area contributed by atoms with E-state index in [1.54, 1.807) is 7.05 Å². The van der Waals surface area contributed by atoms with Crippen LogP contribution in [0.5, 0.6) is 5.88 Å². The predicted octanol–water partition coefficient (Wildman–Crippen LogP) is 4.07. The Morgan fingerprint density at radius 2 is 1.84 bits per heavy atom. The van der Waals surface area contributed by atoms with Crippen molar-refractivity contribution in [2.45, 2.75) is 19.4 Å². The summed E-state index contributed by atoms with van der Waals surface area (Å²) in [5.41, 5.74) is 2.35. The molecule has 0 bridgehead atoms. The third kappa shape index (κ3) is 7.10. The average molecular weight is 687 g/mol. The zero-order valence-electron chi connectivity index (χ0n) is 23.5. The number of anilines is 1. The number of hydrogen-bond acceptors (Lipinski definition) is 9. The zero-order valence-corrected chi connectivity index (χ0v) is 27.2. The minimum absolute atomic E-state index is 0. The van der Waals surface area contributed by atoms with Gasteiger partial charge < -0.3 is 10.1 Å². The van der Waals surface area contributed by atoms with Crippen molar-refractivity contribution < 1.29 is 55.9 Å². The quantitative estimate of drug-likeness (QED) is 0.161. The summed E-state index contributed by atoms with van der Waals surface area (Å²) >= 11 is 1.17. The van der Waals surface area contributed by atoms with Gasteiger partial charge in [-0.1, -0.05) is 22.6 Å². The van der Waals surface area contributed by atoms with Crippen LogP contribution in [0.15, 0.2) is 69.3 Å². The molecule has 0 spiro atoms. The molecular formula is C28H27F2N6O5SY-. The number of rotatable bonds is 8. The summed E-state index contributed by atoms with van der Waals surface area (Å²) in [5, 5.41) is 11.0. The van der Waals surface area contributed by atoms with Gasteiger partial charge in [-0.25, -0.2) is 23.6 Å². The number of fused-ring (bicyclic) bond motifs is 1. The van der Waals surface area contributed by atoms with Gasteiger partial charge in [0.2, 0.25) is 17.8 Å². The van der Waals surface area contributed by atoms with Crippen molar-refractivity contribution in [1.82, 2.24) is 24.8 Å². The van der Waals surface area contributed by atoms with Crippen LogP contribution in [-0.2, 0) is 48.9 Å². The van der Waals surface area contributed by atoms with Crippen LogP contribution in [0.25, 0.3) is 26.5 Å². The molecule has 0 aliphatic heterocycles. The van der Waals surface area contributed by atoms with E-state index in [1.165, 1.54) is 48.3 Å². The molecule has 0 saturated heterocycles. The molecule has 0 fully saturated rings. The molecule has 11 nitrogen and oxygen atoms in total. The third-order valence-corrected chi connectivity index (χ3v) is 7.66. The monoisotopic (exact) mass is 686 g/mol. The van der Waals surface area contributed by atoms with Crippen molar-refractivity contribution >= 4 is 33.7 Å². The Bertz CT molecular complexity index is 1780. The predicted molar refractivity (Wildman–Crippen MR) is 156 cm³/mol. The molecule has 0 atom stereocenters. The molecule has 1 radical (unpaired) electrons. The second-order valence-corrected chi connectivity index (χ2v) is 9.77. The Balaban J connectivity index is 0.000000781. The van der Waals surface area contributed by atoms with Crippen molar-refractivity contribution in [3.8, 4) is 22.1 Å².